The number of carbonyl (C=O) groups is 1. The zero-order chi connectivity index (χ0) is 23.8. The Morgan fingerprint density at radius 1 is 0.824 bits per heavy atom. The van der Waals surface area contributed by atoms with Crippen molar-refractivity contribution in [3.63, 3.8) is 0 Å². The molecule has 34 heavy (non-hydrogen) atoms. The highest BCUT2D eigenvalue weighted by Gasteiger charge is 2.08. The maximum Gasteiger partial charge on any atom is 0.262 e. The van der Waals surface area contributed by atoms with E-state index < -0.39 is 0 Å². The number of aryl methyl sites for hydroxylation is 1. The number of rotatable bonds is 9. The number of nitrogens with zero attached hydrogens (tertiary/aromatic N) is 3. The molecule has 0 fully saturated rings. The number of benzene rings is 2. The molecule has 0 aliphatic heterocycles. The van der Waals surface area contributed by atoms with Crippen LogP contribution >= 0.6 is 0 Å². The van der Waals surface area contributed by atoms with Crippen molar-refractivity contribution < 1.29 is 14.3 Å². The van der Waals surface area contributed by atoms with Gasteiger partial charge in [0.05, 0.1) is 7.11 Å². The molecule has 0 unspecified atom stereocenters. The quantitative estimate of drug-likeness (QED) is 0.333. The molecular formula is C25H24N6O3. The first-order valence-electron chi connectivity index (χ1n) is 10.6. The third-order valence-corrected chi connectivity index (χ3v) is 4.63. The van der Waals surface area contributed by atoms with Crippen LogP contribution in [0.3, 0.4) is 0 Å². The minimum Gasteiger partial charge on any atom is -0.493 e. The molecule has 0 spiro atoms. The molecule has 0 saturated heterocycles. The molecule has 0 aliphatic rings. The van der Waals surface area contributed by atoms with Crippen LogP contribution in [-0.2, 0) is 4.79 Å². The Kier molecular flexibility index (Phi) is 7.14. The molecule has 2 heterocycles. The van der Waals surface area contributed by atoms with E-state index in [0.717, 1.165) is 5.69 Å². The summed E-state index contributed by atoms with van der Waals surface area (Å²) in [6, 6.07) is 21.9. The first kappa shape index (κ1) is 22.5. The number of nitrogens with one attached hydrogen (secondary N) is 3. The molecule has 0 saturated carbocycles. The van der Waals surface area contributed by atoms with E-state index in [2.05, 4.69) is 30.9 Å². The molecule has 3 N–H and O–H groups in total. The second-order valence-electron chi connectivity index (χ2n) is 7.22. The van der Waals surface area contributed by atoms with E-state index in [4.69, 9.17) is 9.47 Å². The summed E-state index contributed by atoms with van der Waals surface area (Å²) in [4.78, 5) is 25.3. The average Bonchev–Trinajstić information content (AvgIpc) is 2.84. The first-order chi connectivity index (χ1) is 16.6. The number of ether oxygens (including phenoxy) is 2. The maximum atomic E-state index is 12.3. The van der Waals surface area contributed by atoms with Gasteiger partial charge in [0.1, 0.15) is 23.3 Å². The molecule has 9 nitrogen and oxygen atoms in total. The van der Waals surface area contributed by atoms with Crippen LogP contribution in [0.5, 0.6) is 11.5 Å². The number of carbonyl (C=O) groups excluding carboxylic acids is 1. The van der Waals surface area contributed by atoms with Gasteiger partial charge in [-0.3, -0.25) is 4.79 Å². The molecule has 2 aromatic carbocycles. The fourth-order valence-electron chi connectivity index (χ4n) is 3.13. The van der Waals surface area contributed by atoms with Crippen LogP contribution in [0.25, 0.3) is 0 Å². The number of aromatic nitrogens is 3. The molecule has 0 aliphatic carbocycles. The van der Waals surface area contributed by atoms with Crippen LogP contribution in [0.4, 0.5) is 28.8 Å². The highest BCUT2D eigenvalue weighted by atomic mass is 16.5. The predicted octanol–water partition coefficient (Wildman–Crippen LogP) is 4.69. The van der Waals surface area contributed by atoms with Gasteiger partial charge < -0.3 is 25.4 Å². The Morgan fingerprint density at radius 2 is 1.50 bits per heavy atom. The summed E-state index contributed by atoms with van der Waals surface area (Å²) in [5.74, 6) is 3.38. The topological polar surface area (TPSA) is 110 Å². The number of hydrogen-bond acceptors (Lipinski definition) is 8. The van der Waals surface area contributed by atoms with Crippen molar-refractivity contribution >= 4 is 34.7 Å². The summed E-state index contributed by atoms with van der Waals surface area (Å²) in [5.41, 5.74) is 1.46. The lowest BCUT2D eigenvalue weighted by Gasteiger charge is -2.12. The molecule has 0 radical (unpaired) electrons. The number of amides is 1. The molecule has 4 aromatic rings. The third kappa shape index (κ3) is 6.19. The van der Waals surface area contributed by atoms with Gasteiger partial charge in [-0.2, -0.15) is 0 Å². The Bertz CT molecular complexity index is 1250. The summed E-state index contributed by atoms with van der Waals surface area (Å²) >= 11 is 0. The zero-order valence-electron chi connectivity index (χ0n) is 18.8. The number of hydrogen-bond donors (Lipinski definition) is 3. The van der Waals surface area contributed by atoms with Gasteiger partial charge in [0, 0.05) is 23.6 Å². The summed E-state index contributed by atoms with van der Waals surface area (Å²) in [6.07, 6.45) is 1.71. The fraction of sp³-hybridized carbons (Fsp3) is 0.120. The monoisotopic (exact) mass is 456 g/mol. The average molecular weight is 457 g/mol. The van der Waals surface area contributed by atoms with Crippen LogP contribution in [0.1, 0.15) is 5.82 Å². The molecule has 4 rings (SSSR count). The van der Waals surface area contributed by atoms with Gasteiger partial charge in [-0.25, -0.2) is 15.0 Å². The van der Waals surface area contributed by atoms with Gasteiger partial charge in [-0.05, 0) is 55.5 Å². The number of pyridine rings is 1. The van der Waals surface area contributed by atoms with Crippen LogP contribution in [0.2, 0.25) is 0 Å². The minimum absolute atomic E-state index is 0.132. The van der Waals surface area contributed by atoms with E-state index in [9.17, 15) is 4.79 Å². The van der Waals surface area contributed by atoms with E-state index >= 15 is 0 Å². The minimum atomic E-state index is -0.275. The van der Waals surface area contributed by atoms with E-state index in [-0.39, 0.29) is 12.5 Å². The highest BCUT2D eigenvalue weighted by Crippen LogP contribution is 2.26. The smallest absolute Gasteiger partial charge is 0.262 e. The van der Waals surface area contributed by atoms with Crippen molar-refractivity contribution in [3.05, 3.63) is 84.8 Å². The number of methoxy groups -OCH3 is 1. The van der Waals surface area contributed by atoms with Crippen molar-refractivity contribution in [1.29, 1.82) is 0 Å². The Morgan fingerprint density at radius 3 is 2.21 bits per heavy atom. The largest absolute Gasteiger partial charge is 0.493 e. The highest BCUT2D eigenvalue weighted by molar-refractivity contribution is 5.92. The van der Waals surface area contributed by atoms with Gasteiger partial charge in [0.25, 0.3) is 5.91 Å². The number of para-hydroxylation sites is 2. The molecule has 0 bridgehead atoms. The molecular weight excluding hydrogens is 432 g/mol. The lowest BCUT2D eigenvalue weighted by atomic mass is 10.2. The predicted molar refractivity (Wildman–Crippen MR) is 131 cm³/mol. The van der Waals surface area contributed by atoms with Crippen molar-refractivity contribution in [1.82, 2.24) is 15.0 Å². The zero-order valence-corrected chi connectivity index (χ0v) is 18.8. The number of anilines is 5. The lowest BCUT2D eigenvalue weighted by molar-refractivity contribution is -0.118. The fourth-order valence-corrected chi connectivity index (χ4v) is 3.13. The van der Waals surface area contributed by atoms with Crippen LogP contribution in [0, 0.1) is 6.92 Å². The van der Waals surface area contributed by atoms with Crippen molar-refractivity contribution in [2.24, 2.45) is 0 Å². The Labute approximate surface area is 197 Å². The molecule has 9 heteroatoms. The molecule has 1 amide bonds. The summed E-state index contributed by atoms with van der Waals surface area (Å²) in [7, 11) is 1.55. The SMILES string of the molecule is COc1ccccc1OCC(=O)Nc1ccc(Nc2cc(Nc3ccccn3)nc(C)n2)cc1. The summed E-state index contributed by atoms with van der Waals surface area (Å²) in [5, 5.41) is 9.22. The lowest BCUT2D eigenvalue weighted by Crippen LogP contribution is -2.20. The summed E-state index contributed by atoms with van der Waals surface area (Å²) in [6.45, 7) is 1.69. The van der Waals surface area contributed by atoms with E-state index in [1.54, 1.807) is 43.6 Å². The second-order valence-corrected chi connectivity index (χ2v) is 7.22. The van der Waals surface area contributed by atoms with Crippen molar-refractivity contribution in [2.75, 3.05) is 29.7 Å². The van der Waals surface area contributed by atoms with Crippen LogP contribution in [-0.4, -0.2) is 34.6 Å². The molecule has 0 atom stereocenters. The Balaban J connectivity index is 1.34. The van der Waals surface area contributed by atoms with E-state index in [0.29, 0.717) is 40.5 Å². The van der Waals surface area contributed by atoms with E-state index in [1.165, 1.54) is 0 Å². The Hall–Kier alpha value is -4.66. The van der Waals surface area contributed by atoms with E-state index in [1.807, 2.05) is 49.4 Å². The van der Waals surface area contributed by atoms with Crippen LogP contribution in [0.15, 0.2) is 79.0 Å². The maximum absolute atomic E-state index is 12.3. The van der Waals surface area contributed by atoms with Crippen LogP contribution < -0.4 is 25.4 Å². The molecule has 172 valence electrons. The first-order valence-corrected chi connectivity index (χ1v) is 10.6. The second kappa shape index (κ2) is 10.8. The van der Waals surface area contributed by atoms with Gasteiger partial charge in [-0.1, -0.05) is 18.2 Å². The normalized spacial score (nSPS) is 10.3. The van der Waals surface area contributed by atoms with Gasteiger partial charge >= 0.3 is 0 Å². The van der Waals surface area contributed by atoms with Crippen molar-refractivity contribution in [2.45, 2.75) is 6.92 Å². The van der Waals surface area contributed by atoms with Gasteiger partial charge in [-0.15, -0.1) is 0 Å². The third-order valence-electron chi connectivity index (χ3n) is 4.63. The van der Waals surface area contributed by atoms with Crippen molar-refractivity contribution in [3.8, 4) is 11.5 Å². The van der Waals surface area contributed by atoms with Gasteiger partial charge in [0.2, 0.25) is 0 Å². The molecule has 2 aromatic heterocycles. The standard InChI is InChI=1S/C25H24N6O3/c1-17-27-23(15-24(28-17)31-22-9-5-6-14-26-22)29-18-10-12-19(13-11-18)30-25(32)16-34-21-8-4-3-7-20(21)33-2/h3-15H,16H2,1-2H3,(H,30,32)(H2,26,27,28,29,31). The van der Waals surface area contributed by atoms with Gasteiger partial charge in [0.15, 0.2) is 18.1 Å². The summed E-state index contributed by atoms with van der Waals surface area (Å²) < 4.78 is 10.8.